The van der Waals surface area contributed by atoms with Crippen LogP contribution in [0.15, 0.2) is 6.20 Å². The number of aliphatic hydroxyl groups is 1. The maximum atomic E-state index is 10.8. The van der Waals surface area contributed by atoms with Crippen LogP contribution in [0.1, 0.15) is 25.7 Å². The fraction of sp³-hybridized carbons (Fsp3) is 0.250. The molecule has 0 aliphatic rings. The molecule has 5 nitrogen and oxygen atoms in total. The number of carbonyl (C=O) groups is 1. The van der Waals surface area contributed by atoms with E-state index < -0.39 is 36.4 Å². The number of nitrogens with zero attached hydrogens (tertiary/aromatic N) is 1. The minimum absolute atomic E-state index is 0.141. The van der Waals surface area contributed by atoms with Crippen LogP contribution in [0.5, 0.6) is 5.75 Å². The van der Waals surface area contributed by atoms with E-state index in [4.69, 9.17) is 14.3 Å². The van der Waals surface area contributed by atoms with Crippen molar-refractivity contribution in [3.8, 4) is 5.75 Å². The molecule has 0 amide bonds. The number of pyridine rings is 1. The van der Waals surface area contributed by atoms with Crippen molar-refractivity contribution >= 4 is 5.97 Å². The summed E-state index contributed by atoms with van der Waals surface area (Å²) in [7, 11) is 0. The van der Waals surface area contributed by atoms with Gasteiger partial charge in [-0.25, -0.2) is 4.79 Å². The lowest BCUT2D eigenvalue weighted by atomic mass is 10.1. The highest BCUT2D eigenvalue weighted by Gasteiger charge is 2.17. The summed E-state index contributed by atoms with van der Waals surface area (Å²) in [6, 6.07) is 0. The Kier molecular flexibility index (Phi) is 1.55. The van der Waals surface area contributed by atoms with E-state index in [2.05, 4.69) is 4.98 Å². The van der Waals surface area contributed by atoms with Crippen LogP contribution < -0.4 is 0 Å². The number of aliphatic hydroxyl groups excluding tert-OH is 1. The van der Waals surface area contributed by atoms with Crippen molar-refractivity contribution in [2.24, 2.45) is 0 Å². The van der Waals surface area contributed by atoms with Gasteiger partial charge in [-0.2, -0.15) is 0 Å². The molecule has 0 bridgehead atoms. The zero-order chi connectivity index (χ0) is 12.5. The van der Waals surface area contributed by atoms with Gasteiger partial charge < -0.3 is 15.3 Å². The van der Waals surface area contributed by atoms with Crippen LogP contribution >= 0.6 is 0 Å². The van der Waals surface area contributed by atoms with E-state index in [1.807, 2.05) is 0 Å². The van der Waals surface area contributed by atoms with Crippen LogP contribution in [-0.2, 0) is 6.61 Å². The number of rotatable bonds is 2. The highest BCUT2D eigenvalue weighted by atomic mass is 16.4. The summed E-state index contributed by atoms with van der Waals surface area (Å²) >= 11 is 0. The third-order valence-corrected chi connectivity index (χ3v) is 1.52. The van der Waals surface area contributed by atoms with Gasteiger partial charge in [0.15, 0.2) is 5.75 Å². The zero-order valence-electron chi connectivity index (χ0n) is 9.48. The molecule has 1 aromatic heterocycles. The second kappa shape index (κ2) is 3.40. The molecule has 1 rings (SSSR count). The summed E-state index contributed by atoms with van der Waals surface area (Å²) in [5, 5.41) is 27.1. The molecule has 5 heteroatoms. The summed E-state index contributed by atoms with van der Waals surface area (Å²) < 4.78 is 21.1. The predicted octanol–water partition coefficient (Wildman–Crippen LogP) is 0.286. The SMILES string of the molecule is [2H]C([2H])([2H])c1ncc(CO)c(C(=O)O)c1O. The monoisotopic (exact) mass is 186 g/mol. The smallest absolute Gasteiger partial charge is 0.339 e. The molecule has 70 valence electrons. The van der Waals surface area contributed by atoms with Crippen molar-refractivity contribution in [2.45, 2.75) is 13.5 Å². The predicted molar refractivity (Wildman–Crippen MR) is 43.5 cm³/mol. The van der Waals surface area contributed by atoms with Crippen molar-refractivity contribution in [3.05, 3.63) is 23.0 Å². The Hall–Kier alpha value is -1.62. The first-order valence-electron chi connectivity index (χ1n) is 4.84. The Morgan fingerprint density at radius 2 is 2.46 bits per heavy atom. The van der Waals surface area contributed by atoms with Crippen LogP contribution in [0.3, 0.4) is 0 Å². The molecule has 0 fully saturated rings. The number of carboxylic acids is 1. The summed E-state index contributed by atoms with van der Waals surface area (Å²) in [6.45, 7) is -3.36. The number of aromatic nitrogens is 1. The Labute approximate surface area is 78.5 Å². The molecule has 1 heterocycles. The number of carboxylic acid groups (broad SMARTS) is 1. The second-order valence-electron chi connectivity index (χ2n) is 2.32. The largest absolute Gasteiger partial charge is 0.505 e. The van der Waals surface area contributed by atoms with E-state index in [-0.39, 0.29) is 5.56 Å². The Bertz CT molecular complexity index is 430. The number of aromatic hydroxyl groups is 1. The molecule has 0 saturated heterocycles. The van der Waals surface area contributed by atoms with Gasteiger partial charge in [0.1, 0.15) is 5.56 Å². The fourth-order valence-electron chi connectivity index (χ4n) is 0.897. The number of hydrogen-bond donors (Lipinski definition) is 3. The van der Waals surface area contributed by atoms with Gasteiger partial charge in [0.2, 0.25) is 0 Å². The average molecular weight is 186 g/mol. The molecule has 3 N–H and O–H groups in total. The van der Waals surface area contributed by atoms with Gasteiger partial charge >= 0.3 is 5.97 Å². The van der Waals surface area contributed by atoms with Crippen molar-refractivity contribution < 1.29 is 24.2 Å². The highest BCUT2D eigenvalue weighted by Crippen LogP contribution is 2.23. The third-order valence-electron chi connectivity index (χ3n) is 1.52. The van der Waals surface area contributed by atoms with Crippen molar-refractivity contribution in [3.63, 3.8) is 0 Å². The van der Waals surface area contributed by atoms with E-state index in [0.29, 0.717) is 0 Å². The molecule has 0 aromatic carbocycles. The Morgan fingerprint density at radius 3 is 2.92 bits per heavy atom. The molecule has 1 aromatic rings. The highest BCUT2D eigenvalue weighted by molar-refractivity contribution is 5.92. The van der Waals surface area contributed by atoms with Crippen molar-refractivity contribution in [1.82, 2.24) is 4.98 Å². The molecule has 0 atom stereocenters. The molecule has 0 unspecified atom stereocenters. The average Bonchev–Trinajstić information content (AvgIpc) is 2.14. The summed E-state index contributed by atoms with van der Waals surface area (Å²) in [4.78, 5) is 14.2. The maximum Gasteiger partial charge on any atom is 0.339 e. The summed E-state index contributed by atoms with van der Waals surface area (Å²) in [5.41, 5.74) is -1.47. The zero-order valence-corrected chi connectivity index (χ0v) is 6.48. The molecule has 0 spiro atoms. The lowest BCUT2D eigenvalue weighted by molar-refractivity contribution is 0.0689. The first-order valence-corrected chi connectivity index (χ1v) is 3.34. The van der Waals surface area contributed by atoms with Gasteiger partial charge in [0.05, 0.1) is 12.3 Å². The quantitative estimate of drug-likeness (QED) is 0.617. The van der Waals surface area contributed by atoms with Gasteiger partial charge in [-0.05, 0) is 6.85 Å². The number of aromatic carboxylic acids is 1. The minimum atomic E-state index is -2.71. The van der Waals surface area contributed by atoms with E-state index in [1.165, 1.54) is 0 Å². The third kappa shape index (κ3) is 1.59. The van der Waals surface area contributed by atoms with Crippen LogP contribution in [-0.4, -0.2) is 26.3 Å². The molecular formula is C8H9NO4. The first-order chi connectivity index (χ1) is 7.29. The topological polar surface area (TPSA) is 90.7 Å². The van der Waals surface area contributed by atoms with E-state index in [9.17, 15) is 9.90 Å². The molecule has 13 heavy (non-hydrogen) atoms. The van der Waals surface area contributed by atoms with Gasteiger partial charge in [-0.1, -0.05) is 0 Å². The number of aryl methyl sites for hydroxylation is 1. The lowest BCUT2D eigenvalue weighted by Gasteiger charge is -2.06. The van der Waals surface area contributed by atoms with Crippen LogP contribution in [0.2, 0.25) is 0 Å². The first kappa shape index (κ1) is 5.93. The van der Waals surface area contributed by atoms with Crippen molar-refractivity contribution in [1.29, 1.82) is 0 Å². The molecule has 0 aliphatic carbocycles. The van der Waals surface area contributed by atoms with Gasteiger partial charge in [-0.15, -0.1) is 0 Å². The van der Waals surface area contributed by atoms with Crippen LogP contribution in [0.25, 0.3) is 0 Å². The molecule has 0 aliphatic heterocycles. The van der Waals surface area contributed by atoms with Gasteiger partial charge in [0, 0.05) is 15.9 Å². The Morgan fingerprint density at radius 1 is 1.77 bits per heavy atom. The van der Waals surface area contributed by atoms with E-state index >= 15 is 0 Å². The Balaban J connectivity index is 3.50. The summed E-state index contributed by atoms with van der Waals surface area (Å²) in [6.07, 6.45) is 0.922. The molecule has 0 saturated carbocycles. The number of hydrogen-bond acceptors (Lipinski definition) is 4. The van der Waals surface area contributed by atoms with Gasteiger partial charge in [-0.3, -0.25) is 4.98 Å². The standard InChI is InChI=1S/C8H9NO4/c1-4-7(11)6(8(12)13)5(3-10)2-9-4/h2,10-11H,3H2,1H3,(H,12,13)/i1D3. The lowest BCUT2D eigenvalue weighted by Crippen LogP contribution is -2.05. The van der Waals surface area contributed by atoms with E-state index in [1.54, 1.807) is 0 Å². The molecular weight excluding hydrogens is 174 g/mol. The van der Waals surface area contributed by atoms with E-state index in [0.717, 1.165) is 6.20 Å². The normalized spacial score (nSPS) is 14.4. The van der Waals surface area contributed by atoms with Crippen LogP contribution in [0.4, 0.5) is 0 Å². The summed E-state index contributed by atoms with van der Waals surface area (Å²) in [5.74, 6) is -2.45. The molecule has 0 radical (unpaired) electrons. The minimum Gasteiger partial charge on any atom is -0.505 e. The van der Waals surface area contributed by atoms with Gasteiger partial charge in [0.25, 0.3) is 0 Å². The second-order valence-corrected chi connectivity index (χ2v) is 2.32. The fourth-order valence-corrected chi connectivity index (χ4v) is 0.897. The van der Waals surface area contributed by atoms with Crippen LogP contribution in [0, 0.1) is 6.85 Å². The van der Waals surface area contributed by atoms with Crippen molar-refractivity contribution in [2.75, 3.05) is 0 Å². The maximum absolute atomic E-state index is 10.8.